The van der Waals surface area contributed by atoms with Gasteiger partial charge in [0.05, 0.1) is 0 Å². The third-order valence-corrected chi connectivity index (χ3v) is 1.00. The number of hydrogen-bond acceptors (Lipinski definition) is 2. The van der Waals surface area contributed by atoms with E-state index in [0.717, 1.165) is 0 Å². The summed E-state index contributed by atoms with van der Waals surface area (Å²) in [6, 6.07) is -0.713. The minimum Gasteiger partial charge on any atom is -0.480 e. The normalized spacial score (nSPS) is 12.4. The molecule has 0 fully saturated rings. The molecule has 0 amide bonds. The summed E-state index contributed by atoms with van der Waals surface area (Å²) < 4.78 is 0. The van der Waals surface area contributed by atoms with Crippen LogP contribution < -0.4 is 5.73 Å². The Morgan fingerprint density at radius 1 is 1.56 bits per heavy atom. The fourth-order valence-electron chi connectivity index (χ4n) is 0.285. The van der Waals surface area contributed by atoms with Crippen LogP contribution in [0.1, 0.15) is 13.8 Å². The Morgan fingerprint density at radius 3 is 1.89 bits per heavy atom. The van der Waals surface area contributed by atoms with E-state index >= 15 is 0 Å². The molecule has 9 heavy (non-hydrogen) atoms. The van der Waals surface area contributed by atoms with E-state index in [1.807, 2.05) is 0 Å². The Hall–Kier alpha value is 0.170. The van der Waals surface area contributed by atoms with Crippen molar-refractivity contribution in [2.24, 2.45) is 11.7 Å². The molecule has 0 rings (SSSR count). The molecule has 0 aromatic rings. The van der Waals surface area contributed by atoms with Crippen molar-refractivity contribution in [3.63, 3.8) is 0 Å². The van der Waals surface area contributed by atoms with Crippen LogP contribution in [-0.4, -0.2) is 17.1 Å². The Kier molecular flexibility index (Phi) is 6.61. The first-order valence-electron chi connectivity index (χ1n) is 2.54. The van der Waals surface area contributed by atoms with E-state index in [0.29, 0.717) is 0 Å². The smallest absolute Gasteiger partial charge is 0.320 e. The number of hydrogen-bond donors (Lipinski definition) is 2. The van der Waals surface area contributed by atoms with Gasteiger partial charge in [-0.1, -0.05) is 13.8 Å². The van der Waals surface area contributed by atoms with Gasteiger partial charge in [0.15, 0.2) is 0 Å². The van der Waals surface area contributed by atoms with E-state index in [4.69, 9.17) is 10.8 Å². The van der Waals surface area contributed by atoms with Gasteiger partial charge in [0.2, 0.25) is 0 Å². The molecular weight excluding hydrogens is 303 g/mol. The monoisotopic (exact) mass is 314 g/mol. The molecule has 4 heteroatoms. The average Bonchev–Trinajstić information content (AvgIpc) is 1.64. The van der Waals surface area contributed by atoms with Gasteiger partial charge in [0.1, 0.15) is 6.04 Å². The van der Waals surface area contributed by atoms with Gasteiger partial charge in [-0.25, -0.2) is 0 Å². The molecular formula is C5H11AuNO2. The minimum absolute atomic E-state index is 0. The predicted octanol–water partition coefficient (Wildman–Crippen LogP) is 0.0518. The molecule has 0 aliphatic heterocycles. The number of carboxylic acid groups (broad SMARTS) is 1. The molecule has 1 radical (unpaired) electrons. The van der Waals surface area contributed by atoms with Gasteiger partial charge in [0.25, 0.3) is 0 Å². The van der Waals surface area contributed by atoms with Gasteiger partial charge < -0.3 is 10.8 Å². The molecule has 0 spiro atoms. The van der Waals surface area contributed by atoms with Crippen LogP contribution in [0.5, 0.6) is 0 Å². The van der Waals surface area contributed by atoms with Crippen LogP contribution >= 0.6 is 0 Å². The summed E-state index contributed by atoms with van der Waals surface area (Å²) in [6.07, 6.45) is 0. The number of rotatable bonds is 2. The van der Waals surface area contributed by atoms with Crippen molar-refractivity contribution in [2.45, 2.75) is 19.9 Å². The number of aliphatic carboxylic acids is 1. The van der Waals surface area contributed by atoms with E-state index < -0.39 is 12.0 Å². The van der Waals surface area contributed by atoms with E-state index in [1.54, 1.807) is 13.8 Å². The molecule has 59 valence electrons. The number of carbonyl (C=O) groups is 1. The first kappa shape index (κ1) is 11.9. The van der Waals surface area contributed by atoms with E-state index in [-0.39, 0.29) is 28.3 Å². The van der Waals surface area contributed by atoms with Gasteiger partial charge in [-0.15, -0.1) is 0 Å². The van der Waals surface area contributed by atoms with Crippen LogP contribution in [0.2, 0.25) is 0 Å². The summed E-state index contributed by atoms with van der Waals surface area (Å²) in [5.41, 5.74) is 5.16. The van der Waals surface area contributed by atoms with E-state index in [2.05, 4.69) is 0 Å². The zero-order valence-corrected chi connectivity index (χ0v) is 7.56. The van der Waals surface area contributed by atoms with Gasteiger partial charge in [-0.05, 0) is 5.92 Å². The van der Waals surface area contributed by atoms with Crippen molar-refractivity contribution in [1.82, 2.24) is 0 Å². The first-order chi connectivity index (χ1) is 3.55. The van der Waals surface area contributed by atoms with Gasteiger partial charge >= 0.3 is 5.97 Å². The summed E-state index contributed by atoms with van der Waals surface area (Å²) in [6.45, 7) is 3.55. The second-order valence-electron chi connectivity index (χ2n) is 2.11. The molecule has 3 nitrogen and oxygen atoms in total. The zero-order chi connectivity index (χ0) is 6.73. The van der Waals surface area contributed by atoms with Crippen molar-refractivity contribution in [1.29, 1.82) is 0 Å². The van der Waals surface area contributed by atoms with Crippen LogP contribution in [0.25, 0.3) is 0 Å². The van der Waals surface area contributed by atoms with Crippen molar-refractivity contribution in [3.8, 4) is 0 Å². The summed E-state index contributed by atoms with van der Waals surface area (Å²) in [5.74, 6) is -0.910. The Bertz CT molecular complexity index is 95.0. The maximum Gasteiger partial charge on any atom is 0.320 e. The summed E-state index contributed by atoms with van der Waals surface area (Å²) in [7, 11) is 0. The van der Waals surface area contributed by atoms with Gasteiger partial charge in [-0.2, -0.15) is 0 Å². The van der Waals surface area contributed by atoms with Crippen LogP contribution in [0, 0.1) is 5.92 Å². The van der Waals surface area contributed by atoms with Crippen molar-refractivity contribution < 1.29 is 32.3 Å². The quantitative estimate of drug-likeness (QED) is 0.708. The molecule has 0 aromatic carbocycles. The third-order valence-electron chi connectivity index (χ3n) is 1.00. The summed E-state index contributed by atoms with van der Waals surface area (Å²) in [4.78, 5) is 10.0. The van der Waals surface area contributed by atoms with Crippen LogP contribution in [0.15, 0.2) is 0 Å². The maximum atomic E-state index is 10.0. The summed E-state index contributed by atoms with van der Waals surface area (Å²) >= 11 is 0. The number of nitrogens with two attached hydrogens (primary N) is 1. The molecule has 0 aromatic heterocycles. The Morgan fingerprint density at radius 2 is 1.89 bits per heavy atom. The Labute approximate surface area is 70.1 Å². The minimum atomic E-state index is -0.931. The number of carboxylic acids is 1. The van der Waals surface area contributed by atoms with Crippen molar-refractivity contribution in [2.75, 3.05) is 0 Å². The Balaban J connectivity index is 0. The second kappa shape index (κ2) is 5.00. The van der Waals surface area contributed by atoms with Crippen LogP contribution in [0.3, 0.4) is 0 Å². The van der Waals surface area contributed by atoms with Crippen LogP contribution in [-0.2, 0) is 27.2 Å². The average molecular weight is 314 g/mol. The van der Waals surface area contributed by atoms with E-state index in [1.165, 1.54) is 0 Å². The van der Waals surface area contributed by atoms with Crippen LogP contribution in [0.4, 0.5) is 0 Å². The zero-order valence-electron chi connectivity index (χ0n) is 5.39. The molecule has 1 atom stereocenters. The van der Waals surface area contributed by atoms with Gasteiger partial charge in [0, 0.05) is 22.4 Å². The first-order valence-corrected chi connectivity index (χ1v) is 2.54. The topological polar surface area (TPSA) is 63.3 Å². The molecule has 0 saturated carbocycles. The molecule has 0 aliphatic carbocycles. The molecule has 3 N–H and O–H groups in total. The fourth-order valence-corrected chi connectivity index (χ4v) is 0.285. The second-order valence-corrected chi connectivity index (χ2v) is 2.11. The maximum absolute atomic E-state index is 10.0. The molecule has 0 saturated heterocycles. The predicted molar refractivity (Wildman–Crippen MR) is 30.4 cm³/mol. The van der Waals surface area contributed by atoms with Crippen molar-refractivity contribution in [3.05, 3.63) is 0 Å². The molecule has 0 aliphatic rings. The molecule has 0 unspecified atom stereocenters. The molecule has 0 bridgehead atoms. The largest absolute Gasteiger partial charge is 0.480 e. The third kappa shape index (κ3) is 4.66. The SMILES string of the molecule is CC(C)[C@H](N)C(=O)O.[Au]. The van der Waals surface area contributed by atoms with Crippen molar-refractivity contribution >= 4 is 5.97 Å². The fraction of sp³-hybridized carbons (Fsp3) is 0.800. The standard InChI is InChI=1S/C5H11NO2.Au/c1-3(2)4(6)5(7)8;/h3-4H,6H2,1-2H3,(H,7,8);/t4-;/m0./s1. The summed E-state index contributed by atoms with van der Waals surface area (Å²) in [5, 5.41) is 8.23. The van der Waals surface area contributed by atoms with Gasteiger partial charge in [-0.3, -0.25) is 4.79 Å². The molecule has 0 heterocycles. The van der Waals surface area contributed by atoms with E-state index in [9.17, 15) is 4.79 Å².